The van der Waals surface area contributed by atoms with Crippen molar-refractivity contribution in [3.05, 3.63) is 50.9 Å². The molecule has 0 bridgehead atoms. The fourth-order valence-corrected chi connectivity index (χ4v) is 4.62. The molecule has 2 N–H and O–H groups in total. The number of carbonyl (C=O) groups is 2. The van der Waals surface area contributed by atoms with Gasteiger partial charge < -0.3 is 20.3 Å². The van der Waals surface area contributed by atoms with Gasteiger partial charge in [0.05, 0.1) is 17.6 Å². The molecule has 0 atom stereocenters. The van der Waals surface area contributed by atoms with E-state index in [1.54, 1.807) is 11.8 Å². The van der Waals surface area contributed by atoms with Gasteiger partial charge in [-0.1, -0.05) is 23.7 Å². The van der Waals surface area contributed by atoms with E-state index in [2.05, 4.69) is 10.6 Å². The molecule has 1 aromatic carbocycles. The fourth-order valence-electron chi connectivity index (χ4n) is 2.97. The minimum atomic E-state index is -0.508. The summed E-state index contributed by atoms with van der Waals surface area (Å²) in [5, 5.41) is 7.73. The van der Waals surface area contributed by atoms with Crippen LogP contribution in [0.15, 0.2) is 24.3 Å². The number of nitrogens with one attached hydrogen (secondary N) is 2. The molecule has 2 rings (SSSR count). The molecule has 0 radical (unpaired) electrons. The van der Waals surface area contributed by atoms with Crippen molar-refractivity contribution in [3.8, 4) is 0 Å². The Kier molecular flexibility index (Phi) is 9.08. The van der Waals surface area contributed by atoms with Crippen LogP contribution in [0.4, 0.5) is 5.00 Å². The van der Waals surface area contributed by atoms with Crippen molar-refractivity contribution in [3.63, 3.8) is 0 Å². The smallest absolute Gasteiger partial charge is 0.341 e. The molecule has 1 aromatic heterocycles. The Morgan fingerprint density at radius 1 is 1.27 bits per heavy atom. The molecule has 0 fully saturated rings. The van der Waals surface area contributed by atoms with Gasteiger partial charge >= 0.3 is 5.97 Å². The summed E-state index contributed by atoms with van der Waals surface area (Å²) in [6.45, 7) is 7.36. The van der Waals surface area contributed by atoms with Crippen LogP contribution < -0.4 is 10.6 Å². The van der Waals surface area contributed by atoms with E-state index in [0.29, 0.717) is 50.8 Å². The lowest BCUT2D eigenvalue weighted by Gasteiger charge is -2.17. The van der Waals surface area contributed by atoms with Crippen LogP contribution in [0, 0.1) is 6.92 Å². The topological polar surface area (TPSA) is 70.7 Å². The fraction of sp³-hybridized carbons (Fsp3) is 0.381. The predicted molar refractivity (Wildman–Crippen MR) is 127 cm³/mol. The maximum absolute atomic E-state index is 12.8. The molecule has 1 heterocycles. The highest BCUT2D eigenvalue weighted by Gasteiger charge is 2.27. The van der Waals surface area contributed by atoms with Crippen molar-refractivity contribution in [2.24, 2.45) is 0 Å². The lowest BCUT2D eigenvalue weighted by Crippen LogP contribution is -2.30. The molecule has 0 unspecified atom stereocenters. The molecule has 162 valence electrons. The minimum Gasteiger partial charge on any atom is -0.465 e. The number of esters is 1. The molecule has 0 saturated heterocycles. The normalized spacial score (nSPS) is 10.4. The summed E-state index contributed by atoms with van der Waals surface area (Å²) in [6.07, 6.45) is 0.738. The number of hydrogen-bond acceptors (Lipinski definition) is 5. The predicted octanol–water partition coefficient (Wildman–Crippen LogP) is 4.51. The Hall–Kier alpha value is -2.16. The third-order valence-electron chi connectivity index (χ3n) is 4.60. The van der Waals surface area contributed by atoms with Crippen molar-refractivity contribution in [2.75, 3.05) is 32.1 Å². The van der Waals surface area contributed by atoms with Crippen molar-refractivity contribution < 1.29 is 14.3 Å². The van der Waals surface area contributed by atoms with Crippen LogP contribution in [0.1, 0.15) is 45.0 Å². The number of rotatable bonds is 8. The van der Waals surface area contributed by atoms with Gasteiger partial charge in [0.15, 0.2) is 5.11 Å². The molecular weight excluding hydrogens is 442 g/mol. The second kappa shape index (κ2) is 11.3. The number of halogens is 1. The van der Waals surface area contributed by atoms with E-state index in [0.717, 1.165) is 12.0 Å². The summed E-state index contributed by atoms with van der Waals surface area (Å²) in [5.41, 5.74) is 2.01. The maximum Gasteiger partial charge on any atom is 0.341 e. The standard InChI is InChI=1S/C21H26ClN3O3S2/c1-5-25(6-2)19(26)17-13(3)16(20(27)28-4)18(30-17)24-21(29)23-11-10-14-8-7-9-15(22)12-14/h7-9,12H,5-6,10-11H2,1-4H3,(H2,23,24,29). The number of benzene rings is 1. The van der Waals surface area contributed by atoms with E-state index < -0.39 is 5.97 Å². The summed E-state index contributed by atoms with van der Waals surface area (Å²) in [7, 11) is 1.32. The first-order chi connectivity index (χ1) is 14.3. The van der Waals surface area contributed by atoms with E-state index in [-0.39, 0.29) is 5.91 Å². The minimum absolute atomic E-state index is 0.111. The SMILES string of the molecule is CCN(CC)C(=O)c1sc(NC(=S)NCCc2cccc(Cl)c2)c(C(=O)OC)c1C. The summed E-state index contributed by atoms with van der Waals surface area (Å²) in [6, 6.07) is 7.63. The first kappa shape index (κ1) is 24.1. The van der Waals surface area contributed by atoms with Crippen LogP contribution in [0.3, 0.4) is 0 Å². The zero-order chi connectivity index (χ0) is 22.3. The number of hydrogen-bond donors (Lipinski definition) is 2. The van der Waals surface area contributed by atoms with E-state index >= 15 is 0 Å². The molecule has 30 heavy (non-hydrogen) atoms. The van der Waals surface area contributed by atoms with Gasteiger partial charge in [0.25, 0.3) is 5.91 Å². The van der Waals surface area contributed by atoms with Crippen LogP contribution in [-0.2, 0) is 11.2 Å². The highest BCUT2D eigenvalue weighted by Crippen LogP contribution is 2.34. The number of ether oxygens (including phenoxy) is 1. The molecular formula is C21H26ClN3O3S2. The van der Waals surface area contributed by atoms with Crippen LogP contribution in [-0.4, -0.2) is 48.6 Å². The second-order valence-electron chi connectivity index (χ2n) is 6.49. The van der Waals surface area contributed by atoms with Crippen LogP contribution in [0.5, 0.6) is 0 Å². The molecule has 0 aliphatic carbocycles. The molecule has 0 spiro atoms. The quantitative estimate of drug-likeness (QED) is 0.439. The molecule has 0 aliphatic rings. The van der Waals surface area contributed by atoms with Crippen molar-refractivity contribution >= 4 is 57.1 Å². The second-order valence-corrected chi connectivity index (χ2v) is 8.36. The van der Waals surface area contributed by atoms with E-state index in [4.69, 9.17) is 28.6 Å². The van der Waals surface area contributed by atoms with Crippen LogP contribution in [0.25, 0.3) is 0 Å². The van der Waals surface area contributed by atoms with Crippen molar-refractivity contribution in [2.45, 2.75) is 27.2 Å². The zero-order valence-corrected chi connectivity index (χ0v) is 19.9. The van der Waals surface area contributed by atoms with Gasteiger partial charge in [-0.3, -0.25) is 4.79 Å². The number of methoxy groups -OCH3 is 1. The zero-order valence-electron chi connectivity index (χ0n) is 17.5. The number of carbonyl (C=O) groups excluding carboxylic acids is 2. The molecule has 6 nitrogen and oxygen atoms in total. The Morgan fingerprint density at radius 2 is 1.97 bits per heavy atom. The average Bonchev–Trinajstić information content (AvgIpc) is 3.04. The van der Waals surface area contributed by atoms with Crippen LogP contribution in [0.2, 0.25) is 5.02 Å². The number of amides is 1. The molecule has 0 aliphatic heterocycles. The lowest BCUT2D eigenvalue weighted by atomic mass is 10.1. The third-order valence-corrected chi connectivity index (χ3v) is 6.27. The van der Waals surface area contributed by atoms with Gasteiger partial charge in [-0.05, 0) is 62.7 Å². The van der Waals surface area contributed by atoms with Crippen molar-refractivity contribution in [1.29, 1.82) is 0 Å². The van der Waals surface area contributed by atoms with E-state index in [1.807, 2.05) is 38.1 Å². The first-order valence-electron chi connectivity index (χ1n) is 9.62. The Bertz CT molecular complexity index is 926. The van der Waals surface area contributed by atoms with Crippen LogP contribution >= 0.6 is 35.2 Å². The Morgan fingerprint density at radius 3 is 2.57 bits per heavy atom. The van der Waals surface area contributed by atoms with Gasteiger partial charge in [-0.15, -0.1) is 11.3 Å². The Labute approximate surface area is 191 Å². The van der Waals surface area contributed by atoms with Gasteiger partial charge in [-0.25, -0.2) is 4.79 Å². The summed E-state index contributed by atoms with van der Waals surface area (Å²) < 4.78 is 4.92. The van der Waals surface area contributed by atoms with Gasteiger partial charge in [0.2, 0.25) is 0 Å². The third kappa shape index (κ3) is 5.93. The number of anilines is 1. The van der Waals surface area contributed by atoms with E-state index in [1.165, 1.54) is 18.4 Å². The van der Waals surface area contributed by atoms with Gasteiger partial charge in [0.1, 0.15) is 5.00 Å². The van der Waals surface area contributed by atoms with E-state index in [9.17, 15) is 9.59 Å². The van der Waals surface area contributed by atoms with Gasteiger partial charge in [0, 0.05) is 24.7 Å². The Balaban J connectivity index is 2.14. The highest BCUT2D eigenvalue weighted by atomic mass is 35.5. The first-order valence-corrected chi connectivity index (χ1v) is 11.2. The average molecular weight is 468 g/mol. The molecule has 2 aromatic rings. The van der Waals surface area contributed by atoms with Crippen molar-refractivity contribution in [1.82, 2.24) is 10.2 Å². The number of thiocarbonyl (C=S) groups is 1. The highest BCUT2D eigenvalue weighted by molar-refractivity contribution is 7.80. The lowest BCUT2D eigenvalue weighted by molar-refractivity contribution is 0.0601. The molecule has 9 heteroatoms. The summed E-state index contributed by atoms with van der Waals surface area (Å²) in [4.78, 5) is 27.4. The number of thiophene rings is 1. The summed E-state index contributed by atoms with van der Waals surface area (Å²) >= 11 is 12.6. The van der Waals surface area contributed by atoms with Gasteiger partial charge in [-0.2, -0.15) is 0 Å². The molecule has 0 saturated carbocycles. The maximum atomic E-state index is 12.8. The largest absolute Gasteiger partial charge is 0.465 e. The molecule has 1 amide bonds. The monoisotopic (exact) mass is 467 g/mol. The number of nitrogens with zero attached hydrogens (tertiary/aromatic N) is 1. The summed E-state index contributed by atoms with van der Waals surface area (Å²) in [5.74, 6) is -0.618.